The zero-order valence-corrected chi connectivity index (χ0v) is 19.7. The van der Waals surface area contributed by atoms with Crippen molar-refractivity contribution in [2.45, 2.75) is 20.0 Å². The van der Waals surface area contributed by atoms with Crippen molar-refractivity contribution in [3.05, 3.63) is 29.7 Å². The van der Waals surface area contributed by atoms with E-state index in [0.717, 1.165) is 22.2 Å². The van der Waals surface area contributed by atoms with Gasteiger partial charge in [-0.3, -0.25) is 14.7 Å². The van der Waals surface area contributed by atoms with E-state index in [0.29, 0.717) is 27.6 Å². The van der Waals surface area contributed by atoms with Gasteiger partial charge in [-0.1, -0.05) is 11.3 Å². The second kappa shape index (κ2) is 8.98. The van der Waals surface area contributed by atoms with Crippen molar-refractivity contribution in [1.82, 2.24) is 34.9 Å². The van der Waals surface area contributed by atoms with Crippen LogP contribution >= 0.6 is 11.3 Å². The van der Waals surface area contributed by atoms with Crippen molar-refractivity contribution in [2.75, 3.05) is 33.0 Å². The number of aromatic nitrogens is 5. The summed E-state index contributed by atoms with van der Waals surface area (Å²) >= 11 is 1.15. The van der Waals surface area contributed by atoms with Crippen LogP contribution in [0.25, 0.3) is 21.3 Å². The molecular formula is C21H24N8O3S. The average Bonchev–Trinajstić information content (AvgIpc) is 3.39. The van der Waals surface area contributed by atoms with Gasteiger partial charge in [-0.15, -0.1) is 0 Å². The molecule has 0 aliphatic heterocycles. The van der Waals surface area contributed by atoms with Gasteiger partial charge in [-0.2, -0.15) is 5.10 Å². The third kappa shape index (κ3) is 4.70. The summed E-state index contributed by atoms with van der Waals surface area (Å²) in [5.41, 5.74) is 1.99. The number of anilines is 2. The minimum absolute atomic E-state index is 0.0414. The summed E-state index contributed by atoms with van der Waals surface area (Å²) in [6.45, 7) is 3.85. The van der Waals surface area contributed by atoms with Gasteiger partial charge in [-0.25, -0.2) is 15.0 Å². The number of nitrogens with one attached hydrogen (secondary N) is 2. The number of amides is 2. The maximum absolute atomic E-state index is 12.8. The van der Waals surface area contributed by atoms with E-state index in [1.54, 1.807) is 27.3 Å². The van der Waals surface area contributed by atoms with Gasteiger partial charge in [-0.05, 0) is 19.9 Å². The van der Waals surface area contributed by atoms with Gasteiger partial charge < -0.3 is 19.9 Å². The summed E-state index contributed by atoms with van der Waals surface area (Å²) in [5, 5.41) is 11.4. The fourth-order valence-electron chi connectivity index (χ4n) is 3.06. The molecule has 0 saturated heterocycles. The molecule has 3 aromatic heterocycles. The lowest BCUT2D eigenvalue weighted by atomic mass is 10.2. The third-order valence-corrected chi connectivity index (χ3v) is 5.70. The molecule has 0 aliphatic carbocycles. The lowest BCUT2D eigenvalue weighted by Crippen LogP contribution is -2.37. The van der Waals surface area contributed by atoms with Crippen molar-refractivity contribution in [3.63, 3.8) is 0 Å². The molecule has 0 unspecified atom stereocenters. The van der Waals surface area contributed by atoms with E-state index in [4.69, 9.17) is 4.74 Å². The van der Waals surface area contributed by atoms with Crippen LogP contribution < -0.4 is 10.1 Å². The first-order valence-corrected chi connectivity index (χ1v) is 11.0. The Hall–Kier alpha value is -3.80. The Kier molecular flexibility index (Phi) is 6.09. The van der Waals surface area contributed by atoms with Crippen molar-refractivity contribution in [1.29, 1.82) is 0 Å². The number of thiazole rings is 1. The van der Waals surface area contributed by atoms with Gasteiger partial charge >= 0.3 is 0 Å². The molecule has 0 radical (unpaired) electrons. The highest BCUT2D eigenvalue weighted by atomic mass is 32.1. The van der Waals surface area contributed by atoms with Crippen LogP contribution in [-0.2, 0) is 4.79 Å². The zero-order chi connectivity index (χ0) is 23.7. The minimum Gasteiger partial charge on any atom is -0.489 e. The van der Waals surface area contributed by atoms with Crippen molar-refractivity contribution in [2.24, 2.45) is 0 Å². The monoisotopic (exact) mass is 468 g/mol. The number of fused-ring (bicyclic) bond motifs is 2. The Morgan fingerprint density at radius 2 is 2.00 bits per heavy atom. The smallest absolute Gasteiger partial charge is 0.283 e. The molecule has 4 aromatic rings. The largest absolute Gasteiger partial charge is 0.489 e. The highest BCUT2D eigenvalue weighted by Gasteiger charge is 2.22. The summed E-state index contributed by atoms with van der Waals surface area (Å²) in [7, 11) is 4.85. The number of nitrogens with zero attached hydrogens (tertiary/aromatic N) is 6. The molecule has 33 heavy (non-hydrogen) atoms. The highest BCUT2D eigenvalue weighted by Crippen LogP contribution is 2.34. The van der Waals surface area contributed by atoms with E-state index in [-0.39, 0.29) is 29.5 Å². The first-order valence-electron chi connectivity index (χ1n) is 10.2. The summed E-state index contributed by atoms with van der Waals surface area (Å²) < 4.78 is 5.97. The Labute approximate surface area is 193 Å². The topological polar surface area (TPSA) is 129 Å². The van der Waals surface area contributed by atoms with Crippen molar-refractivity contribution in [3.8, 4) is 5.75 Å². The molecule has 2 N–H and O–H groups in total. The maximum atomic E-state index is 12.8. The number of ether oxygens (including phenoxy) is 1. The Bertz CT molecular complexity index is 1330. The minimum atomic E-state index is -0.359. The Balaban J connectivity index is 1.67. The van der Waals surface area contributed by atoms with E-state index in [9.17, 15) is 9.59 Å². The normalized spacial score (nSPS) is 11.2. The Morgan fingerprint density at radius 1 is 1.21 bits per heavy atom. The number of benzene rings is 1. The molecule has 4 rings (SSSR count). The van der Waals surface area contributed by atoms with Crippen molar-refractivity contribution < 1.29 is 14.3 Å². The second-order valence-corrected chi connectivity index (χ2v) is 8.92. The molecule has 0 aliphatic rings. The number of hydrogen-bond donors (Lipinski definition) is 2. The molecule has 12 heteroatoms. The lowest BCUT2D eigenvalue weighted by Gasteiger charge is -2.17. The molecule has 0 fully saturated rings. The van der Waals surface area contributed by atoms with Crippen LogP contribution in [0.15, 0.2) is 24.7 Å². The highest BCUT2D eigenvalue weighted by molar-refractivity contribution is 7.19. The molecule has 0 saturated carbocycles. The summed E-state index contributed by atoms with van der Waals surface area (Å²) in [4.78, 5) is 41.2. The van der Waals surface area contributed by atoms with Crippen LogP contribution in [0, 0.1) is 0 Å². The number of carbonyl (C=O) groups is 2. The second-order valence-electron chi connectivity index (χ2n) is 7.94. The maximum Gasteiger partial charge on any atom is 0.283 e. The fourth-order valence-corrected chi connectivity index (χ4v) is 3.97. The quantitative estimate of drug-likeness (QED) is 0.423. The third-order valence-electron chi connectivity index (χ3n) is 4.75. The summed E-state index contributed by atoms with van der Waals surface area (Å²) in [6.07, 6.45) is 3.09. The van der Waals surface area contributed by atoms with Crippen LogP contribution in [-0.4, -0.2) is 80.6 Å². The predicted octanol–water partition coefficient (Wildman–Crippen LogP) is 2.65. The molecule has 0 bridgehead atoms. The van der Waals surface area contributed by atoms with Gasteiger partial charge in [0, 0.05) is 32.6 Å². The number of carbonyl (C=O) groups excluding carboxylic acids is 2. The predicted molar refractivity (Wildman–Crippen MR) is 126 cm³/mol. The van der Waals surface area contributed by atoms with E-state index in [1.165, 1.54) is 16.1 Å². The molecule has 2 amide bonds. The first kappa shape index (κ1) is 22.4. The van der Waals surface area contributed by atoms with Crippen LogP contribution in [0.3, 0.4) is 0 Å². The van der Waals surface area contributed by atoms with Gasteiger partial charge in [0.1, 0.15) is 22.4 Å². The SMILES string of the molecule is CC(C)Oc1cc2[nH]ncc2cc1Nc1ncnc2sc(C(=O)N(C)CC(=O)N(C)C)nc12. The number of likely N-dealkylation sites (N-methyl/N-ethyl adjacent to an activating group) is 2. The summed E-state index contributed by atoms with van der Waals surface area (Å²) in [5.74, 6) is 0.532. The van der Waals surface area contributed by atoms with Crippen LogP contribution in [0.2, 0.25) is 0 Å². The van der Waals surface area contributed by atoms with E-state index < -0.39 is 0 Å². The number of aromatic amines is 1. The lowest BCUT2D eigenvalue weighted by molar-refractivity contribution is -0.129. The number of rotatable bonds is 7. The number of H-pyrrole nitrogens is 1. The Morgan fingerprint density at radius 3 is 2.73 bits per heavy atom. The fraction of sp³-hybridized carbons (Fsp3) is 0.333. The van der Waals surface area contributed by atoms with Gasteiger partial charge in [0.2, 0.25) is 5.91 Å². The first-order chi connectivity index (χ1) is 15.7. The molecule has 0 atom stereocenters. The molecule has 11 nitrogen and oxygen atoms in total. The molecular weight excluding hydrogens is 444 g/mol. The average molecular weight is 469 g/mol. The molecule has 3 heterocycles. The standard InChI is InChI=1S/C21H24N8O3S/c1-11(2)32-15-7-13-12(8-24-27-13)6-14(15)25-18-17-19(23-10-22-18)33-20(26-17)21(31)29(5)9-16(30)28(3)4/h6-8,10-11H,9H2,1-5H3,(H,24,27)(H,22,23,25). The van der Waals surface area contributed by atoms with Crippen LogP contribution in [0.4, 0.5) is 11.5 Å². The molecule has 1 aromatic carbocycles. The number of hydrogen-bond acceptors (Lipinski definition) is 9. The molecule has 0 spiro atoms. The van der Waals surface area contributed by atoms with E-state index in [1.807, 2.05) is 26.0 Å². The van der Waals surface area contributed by atoms with E-state index in [2.05, 4.69) is 30.5 Å². The van der Waals surface area contributed by atoms with Crippen LogP contribution in [0.1, 0.15) is 23.6 Å². The molecule has 172 valence electrons. The zero-order valence-electron chi connectivity index (χ0n) is 18.9. The summed E-state index contributed by atoms with van der Waals surface area (Å²) in [6, 6.07) is 3.78. The van der Waals surface area contributed by atoms with Gasteiger partial charge in [0.05, 0.1) is 30.0 Å². The van der Waals surface area contributed by atoms with Crippen molar-refractivity contribution >= 4 is 55.9 Å². The van der Waals surface area contributed by atoms with E-state index >= 15 is 0 Å². The van der Waals surface area contributed by atoms with Crippen LogP contribution in [0.5, 0.6) is 5.75 Å². The van der Waals surface area contributed by atoms with Gasteiger partial charge in [0.25, 0.3) is 5.91 Å². The van der Waals surface area contributed by atoms with Gasteiger partial charge in [0.15, 0.2) is 10.8 Å².